The number of nitrogens with one attached hydrogen (secondary N) is 4. The van der Waals surface area contributed by atoms with E-state index in [9.17, 15) is 58.0 Å². The summed E-state index contributed by atoms with van der Waals surface area (Å²) in [6.07, 6.45) is 23.4. The largest absolute Gasteiger partial charge is 0.389 e. The molecule has 752 valence electrons. The third-order valence-electron chi connectivity index (χ3n) is 27.6. The summed E-state index contributed by atoms with van der Waals surface area (Å²) in [4.78, 5) is 88.4. The van der Waals surface area contributed by atoms with Gasteiger partial charge in [-0.3, -0.25) is 38.1 Å². The summed E-state index contributed by atoms with van der Waals surface area (Å²) in [5.74, 6) is 4.06. The number of aryl methyl sites for hydroxylation is 3. The molecule has 4 atom stereocenters. The minimum Gasteiger partial charge on any atom is -0.389 e. The summed E-state index contributed by atoms with van der Waals surface area (Å²) < 4.78 is 118. The number of aliphatic hydroxyl groups is 1. The highest BCUT2D eigenvalue weighted by atomic mass is 35.5. The zero-order chi connectivity index (χ0) is 99.7. The Kier molecular flexibility index (Phi) is 28.1. The lowest BCUT2D eigenvalue weighted by Gasteiger charge is -2.40. The highest BCUT2D eigenvalue weighted by Gasteiger charge is 2.41. The molecule has 37 nitrogen and oxygen atoms in total. The maximum absolute atomic E-state index is 13.9. The number of rotatable bonds is 22. The number of fused-ring (bicyclic) bond motifs is 4. The molecule has 3 saturated carbocycles. The normalized spacial score (nSPS) is 20.0. The van der Waals surface area contributed by atoms with Crippen LogP contribution in [-0.4, -0.2) is 250 Å². The molecule has 22 rings (SSSR count). The number of anilines is 7. The molecule has 8 aromatic heterocycles. The second kappa shape index (κ2) is 40.4. The minimum atomic E-state index is -3.60. The number of morpholine rings is 1. The van der Waals surface area contributed by atoms with E-state index in [2.05, 4.69) is 52.6 Å². The first kappa shape index (κ1) is 98.9. The fraction of sp³-hybridized carbons (Fsp3) is 0.475. The molecule has 12 aromatic rings. The summed E-state index contributed by atoms with van der Waals surface area (Å²) >= 11 is 12.4. The third kappa shape index (κ3) is 22.7. The van der Waals surface area contributed by atoms with Crippen LogP contribution in [0.5, 0.6) is 0 Å². The molecule has 142 heavy (non-hydrogen) atoms. The number of amides is 4. The average molecular weight is 2050 g/mol. The van der Waals surface area contributed by atoms with E-state index >= 15 is 0 Å². The molecule has 7 aliphatic heterocycles. The van der Waals surface area contributed by atoms with Crippen LogP contribution in [0.2, 0.25) is 10.0 Å². The average Bonchev–Trinajstić information content (AvgIpc) is 1.64. The van der Waals surface area contributed by atoms with E-state index in [-0.39, 0.29) is 76.4 Å². The standard InChI is InChI=1S/C27H34N6O4S.C26H32ClN7O4S.C23H26ClN5O3S.C23H27N5O3S/c1-18-6-9-21(30-38(2,35)36)20(15-18)27(34)32-10-4-3-5-24(32)23-16-25-28-22(19-7-8-19)17-26(33(25)29-23)31-11-13-37-14-12-31;1-16-12-31(13-16)23-11-25(32-14-18(35)15-32)34-24(28-23)10-21(29-34)22-5-3-4-8-33(22)26(36)19-9-17(27)6-7-20(19)30-39(2,37)38;1-14-11-19(15-6-7-15)25-22-13-20(26-29(14)22)21-5-3-4-10-28(21)23(30)17-12-16(24)8-9-18(17)27-33(2,31)32;1-15-6-9-19(26-32(2,30)31)17(13-15)23(29)27-11-4-3-5-21(27)20-14-22-24-18(16-7-8-16)10-12-28(22)25-20/h6,9,15-17,19,24,30H,3-5,7-8,10-14H2,1-2H3;6-7,9-11,16,18,22,30,35H,3-5,8,12-15H2,1-2H3;8-9,11-13,15,21,27H,3-7,10H2,1-2H3;6,9-10,12-14,16,21,26H,3-5,7-8,11H2,1-2H3/t24-;22-;2*21-/m0000/s1. The molecule has 7 saturated heterocycles. The van der Waals surface area contributed by atoms with Crippen molar-refractivity contribution in [1.82, 2.24) is 78.0 Å². The third-order valence-corrected chi connectivity index (χ3v) is 30.4. The molecule has 43 heteroatoms. The molecule has 10 fully saturated rings. The van der Waals surface area contributed by atoms with Crippen LogP contribution in [0.15, 0.2) is 128 Å². The van der Waals surface area contributed by atoms with Crippen molar-refractivity contribution >= 4 is 150 Å². The van der Waals surface area contributed by atoms with Crippen LogP contribution >= 0.6 is 23.2 Å². The second-order valence-electron chi connectivity index (χ2n) is 39.6. The van der Waals surface area contributed by atoms with Gasteiger partial charge in [0.25, 0.3) is 23.6 Å². The maximum Gasteiger partial charge on any atom is 0.256 e. The summed E-state index contributed by atoms with van der Waals surface area (Å²) in [5.41, 5.74) is 14.6. The fourth-order valence-corrected chi connectivity index (χ4v) is 22.8. The van der Waals surface area contributed by atoms with E-state index in [1.54, 1.807) is 67.4 Å². The Morgan fingerprint density at radius 1 is 0.366 bits per heavy atom. The lowest BCUT2D eigenvalue weighted by atomic mass is 9.97. The van der Waals surface area contributed by atoms with Gasteiger partial charge in [0.1, 0.15) is 17.5 Å². The summed E-state index contributed by atoms with van der Waals surface area (Å²) in [6, 6.07) is 34.9. The number of hydrogen-bond donors (Lipinski definition) is 5. The Morgan fingerprint density at radius 2 is 0.725 bits per heavy atom. The van der Waals surface area contributed by atoms with Crippen LogP contribution in [0.25, 0.3) is 22.6 Å². The molecule has 0 bridgehead atoms. The van der Waals surface area contributed by atoms with Gasteiger partial charge in [-0.2, -0.15) is 29.4 Å². The smallest absolute Gasteiger partial charge is 0.256 e. The van der Waals surface area contributed by atoms with Crippen molar-refractivity contribution in [2.75, 3.05) is 137 Å². The van der Waals surface area contributed by atoms with Gasteiger partial charge >= 0.3 is 0 Å². The highest BCUT2D eigenvalue weighted by Crippen LogP contribution is 2.46. The number of halogens is 2. The van der Waals surface area contributed by atoms with Gasteiger partial charge < -0.3 is 44.1 Å². The predicted octanol–water partition coefficient (Wildman–Crippen LogP) is 14.2. The zero-order valence-electron chi connectivity index (χ0n) is 80.7. The van der Waals surface area contributed by atoms with E-state index in [0.717, 1.165) is 232 Å². The first-order valence-corrected chi connectivity index (χ1v) is 57.1. The first-order chi connectivity index (χ1) is 67.8. The number of piperidine rings is 4. The number of aliphatic hydroxyl groups excluding tert-OH is 1. The quantitative estimate of drug-likeness (QED) is 0.0421. The van der Waals surface area contributed by atoms with Crippen LogP contribution in [0, 0.1) is 26.7 Å². The van der Waals surface area contributed by atoms with Crippen LogP contribution in [0.1, 0.15) is 263 Å². The van der Waals surface area contributed by atoms with Gasteiger partial charge in [0.05, 0.1) is 136 Å². The Labute approximate surface area is 835 Å². The van der Waals surface area contributed by atoms with E-state index in [1.807, 2.05) is 82.2 Å². The van der Waals surface area contributed by atoms with Gasteiger partial charge in [0.2, 0.25) is 40.1 Å². The van der Waals surface area contributed by atoms with Crippen molar-refractivity contribution in [3.8, 4) is 0 Å². The van der Waals surface area contributed by atoms with Crippen molar-refractivity contribution < 1.29 is 62.7 Å². The van der Waals surface area contributed by atoms with E-state index in [4.69, 9.17) is 68.3 Å². The van der Waals surface area contributed by atoms with Crippen molar-refractivity contribution in [2.45, 2.75) is 191 Å². The summed E-state index contributed by atoms with van der Waals surface area (Å²) in [5, 5.41) is 30.2. The summed E-state index contributed by atoms with van der Waals surface area (Å²) in [6.45, 7) is 16.2. The zero-order valence-corrected chi connectivity index (χ0v) is 85.5. The van der Waals surface area contributed by atoms with Gasteiger partial charge in [0, 0.05) is 159 Å². The van der Waals surface area contributed by atoms with Crippen LogP contribution in [-0.2, 0) is 44.8 Å². The molecule has 0 unspecified atom stereocenters. The molecule has 15 heterocycles. The number of hydrogen-bond acceptors (Lipinski definition) is 25. The minimum absolute atomic E-state index is 0.172. The van der Waals surface area contributed by atoms with Gasteiger partial charge in [-0.25, -0.2) is 62.6 Å². The lowest BCUT2D eigenvalue weighted by molar-refractivity contribution is 0.0599. The number of carbonyl (C=O) groups is 4. The maximum atomic E-state index is 13.9. The number of carbonyl (C=O) groups excluding carboxylic acids is 4. The Morgan fingerprint density at radius 3 is 1.13 bits per heavy atom. The van der Waals surface area contributed by atoms with Crippen molar-refractivity contribution in [3.05, 3.63) is 217 Å². The topological polar surface area (TPSA) is 426 Å². The Balaban J connectivity index is 0.000000121. The molecule has 5 N–H and O–H groups in total. The first-order valence-electron chi connectivity index (χ1n) is 48.8. The van der Waals surface area contributed by atoms with Gasteiger partial charge in [-0.1, -0.05) is 53.4 Å². The van der Waals surface area contributed by atoms with Gasteiger partial charge in [-0.15, -0.1) is 0 Å². The van der Waals surface area contributed by atoms with Crippen LogP contribution < -0.4 is 33.6 Å². The molecular formula is C99H119Cl2N23O14S4. The molecule has 3 aliphatic carbocycles. The molecule has 10 aliphatic rings. The number of ether oxygens (including phenoxy) is 1. The Bertz CT molecular complexity index is 7380. The number of β-amino-alcohol motifs (C(OH)–C–C–N with tert-alkyl or cyclic N) is 1. The monoisotopic (exact) mass is 2050 g/mol. The fourth-order valence-electron chi connectivity index (χ4n) is 20.2. The van der Waals surface area contributed by atoms with Crippen LogP contribution in [0.3, 0.4) is 0 Å². The van der Waals surface area contributed by atoms with Gasteiger partial charge in [0.15, 0.2) is 22.6 Å². The van der Waals surface area contributed by atoms with Crippen molar-refractivity contribution in [2.24, 2.45) is 5.92 Å². The predicted molar refractivity (Wildman–Crippen MR) is 545 cm³/mol. The highest BCUT2D eigenvalue weighted by molar-refractivity contribution is 7.92. The van der Waals surface area contributed by atoms with Crippen molar-refractivity contribution in [3.63, 3.8) is 0 Å². The number of benzene rings is 4. The lowest BCUT2D eigenvalue weighted by Crippen LogP contribution is -2.52. The Hall–Kier alpha value is -11.9. The molecule has 0 spiro atoms. The number of nitrogens with zero attached hydrogens (tertiary/aromatic N) is 19. The summed E-state index contributed by atoms with van der Waals surface area (Å²) in [7, 11) is -14.2. The molecular weight excluding hydrogens is 1930 g/mol. The van der Waals surface area contributed by atoms with Gasteiger partial charge in [-0.05, 0) is 215 Å². The number of sulfonamides is 4. The number of likely N-dealkylation sites (tertiary alicyclic amines) is 4. The number of aromatic nitrogens is 12. The SMILES string of the molecule is CC1CN(c2cc(N3CC(O)C3)n3nc([C@@H]4CCCCN4C(=O)c4cc(Cl)ccc4NS(C)(=O)=O)cc3n2)C1.Cc1cc(C2CC2)nc2cc([C@@H]3CCCCN3C(=O)c3cc(Cl)ccc3NS(C)(=O)=O)nn12.Cc1ccc(NS(C)(=O)=O)c(C(=O)N2CCCC[C@H]2c2cc3nc(C4CC4)cc(N4CCOCC4)n3n2)c1.Cc1ccc(NS(C)(=O)=O)c(C(=O)N2CCCC[C@H]2c2cc3nc(C4CC4)ccn3n2)c1. The molecule has 4 aromatic carbocycles. The second-order valence-corrected chi connectivity index (χ2v) is 47.4. The molecule has 4 amide bonds. The van der Waals surface area contributed by atoms with E-state index in [0.29, 0.717) is 114 Å². The molecule has 0 radical (unpaired) electrons. The van der Waals surface area contributed by atoms with E-state index in [1.165, 1.54) is 49.9 Å². The van der Waals surface area contributed by atoms with Crippen molar-refractivity contribution in [1.29, 1.82) is 0 Å². The van der Waals surface area contributed by atoms with E-state index < -0.39 is 40.1 Å². The van der Waals surface area contributed by atoms with Crippen LogP contribution in [0.4, 0.5) is 40.2 Å².